The van der Waals surface area contributed by atoms with Crippen LogP contribution >= 0.6 is 0 Å². The van der Waals surface area contributed by atoms with Gasteiger partial charge in [0, 0.05) is 12.5 Å². The van der Waals surface area contributed by atoms with Gasteiger partial charge in [-0.3, -0.25) is 0 Å². The molecular formula is C12H16O4. The quantitative estimate of drug-likeness (QED) is 0.798. The van der Waals surface area contributed by atoms with Gasteiger partial charge in [-0.25, -0.2) is 4.79 Å². The van der Waals surface area contributed by atoms with Crippen LogP contribution in [0.25, 0.3) is 0 Å². The van der Waals surface area contributed by atoms with Crippen molar-refractivity contribution in [3.63, 3.8) is 0 Å². The summed E-state index contributed by atoms with van der Waals surface area (Å²) in [6.45, 7) is 4.17. The van der Waals surface area contributed by atoms with E-state index in [1.807, 2.05) is 6.92 Å². The minimum absolute atomic E-state index is 0.0681. The van der Waals surface area contributed by atoms with Gasteiger partial charge in [0.25, 0.3) is 0 Å². The van der Waals surface area contributed by atoms with Crippen molar-refractivity contribution in [3.05, 3.63) is 29.3 Å². The second-order valence-electron chi connectivity index (χ2n) is 3.88. The zero-order chi connectivity index (χ0) is 12.1. The van der Waals surface area contributed by atoms with Crippen molar-refractivity contribution in [3.8, 4) is 5.75 Å². The summed E-state index contributed by atoms with van der Waals surface area (Å²) >= 11 is 0. The van der Waals surface area contributed by atoms with Crippen molar-refractivity contribution in [2.24, 2.45) is 5.92 Å². The normalized spacial score (nSPS) is 12.2. The zero-order valence-corrected chi connectivity index (χ0v) is 9.43. The van der Waals surface area contributed by atoms with Gasteiger partial charge in [0.2, 0.25) is 0 Å². The number of benzene rings is 1. The molecule has 0 aliphatic carbocycles. The standard InChI is InChI=1S/C12H16O4/c1-8(6-13)7-16-11-4-3-10(12(14)15)5-9(11)2/h3-5,8,13H,6-7H2,1-2H3,(H,14,15). The second kappa shape index (κ2) is 5.51. The molecule has 1 atom stereocenters. The van der Waals surface area contributed by atoms with Gasteiger partial charge in [-0.15, -0.1) is 0 Å². The van der Waals surface area contributed by atoms with Crippen molar-refractivity contribution in [1.29, 1.82) is 0 Å². The van der Waals surface area contributed by atoms with Gasteiger partial charge in [0.1, 0.15) is 5.75 Å². The topological polar surface area (TPSA) is 66.8 Å². The van der Waals surface area contributed by atoms with E-state index in [2.05, 4.69) is 0 Å². The molecule has 0 aliphatic rings. The summed E-state index contributed by atoms with van der Waals surface area (Å²) in [5.41, 5.74) is 1.03. The van der Waals surface area contributed by atoms with Crippen LogP contribution in [0.4, 0.5) is 0 Å². The van der Waals surface area contributed by atoms with Crippen LogP contribution in [0.15, 0.2) is 18.2 Å². The van der Waals surface area contributed by atoms with Crippen LogP contribution in [0, 0.1) is 12.8 Å². The highest BCUT2D eigenvalue weighted by atomic mass is 16.5. The summed E-state index contributed by atoms with van der Waals surface area (Å²) in [6, 6.07) is 4.72. The Balaban J connectivity index is 2.72. The third-order valence-corrected chi connectivity index (χ3v) is 2.26. The number of carboxylic acid groups (broad SMARTS) is 1. The largest absolute Gasteiger partial charge is 0.493 e. The Kier molecular flexibility index (Phi) is 4.31. The minimum atomic E-state index is -0.946. The van der Waals surface area contributed by atoms with E-state index in [9.17, 15) is 4.79 Å². The van der Waals surface area contributed by atoms with Crippen LogP contribution in [0.3, 0.4) is 0 Å². The molecule has 0 fully saturated rings. The molecule has 0 spiro atoms. The molecule has 4 heteroatoms. The number of hydrogen-bond acceptors (Lipinski definition) is 3. The first kappa shape index (κ1) is 12.5. The molecule has 1 rings (SSSR count). The molecule has 2 N–H and O–H groups in total. The monoisotopic (exact) mass is 224 g/mol. The molecule has 0 aromatic heterocycles. The van der Waals surface area contributed by atoms with Crippen molar-refractivity contribution in [1.82, 2.24) is 0 Å². The molecule has 0 bridgehead atoms. The smallest absolute Gasteiger partial charge is 0.335 e. The Hall–Kier alpha value is -1.55. The lowest BCUT2D eigenvalue weighted by Crippen LogP contribution is -2.12. The fourth-order valence-electron chi connectivity index (χ4n) is 1.23. The number of ether oxygens (including phenoxy) is 1. The molecule has 0 aliphatic heterocycles. The van der Waals surface area contributed by atoms with Gasteiger partial charge in [-0.1, -0.05) is 6.92 Å². The maximum atomic E-state index is 10.7. The SMILES string of the molecule is Cc1cc(C(=O)O)ccc1OCC(C)CO. The van der Waals surface area contributed by atoms with Crippen LogP contribution < -0.4 is 4.74 Å². The van der Waals surface area contributed by atoms with Gasteiger partial charge in [-0.05, 0) is 30.7 Å². The lowest BCUT2D eigenvalue weighted by molar-refractivity contribution is 0.0696. The van der Waals surface area contributed by atoms with E-state index in [0.29, 0.717) is 12.4 Å². The number of carboxylic acids is 1. The summed E-state index contributed by atoms with van der Waals surface area (Å²) in [7, 11) is 0. The van der Waals surface area contributed by atoms with Gasteiger partial charge < -0.3 is 14.9 Å². The second-order valence-corrected chi connectivity index (χ2v) is 3.88. The molecule has 1 aromatic carbocycles. The van der Waals surface area contributed by atoms with Crippen molar-refractivity contribution in [2.45, 2.75) is 13.8 Å². The van der Waals surface area contributed by atoms with E-state index in [0.717, 1.165) is 5.56 Å². The predicted octanol–water partition coefficient (Wildman–Crippen LogP) is 1.70. The maximum Gasteiger partial charge on any atom is 0.335 e. The fourth-order valence-corrected chi connectivity index (χ4v) is 1.23. The van der Waals surface area contributed by atoms with Gasteiger partial charge in [0.05, 0.1) is 12.2 Å². The van der Waals surface area contributed by atoms with Crippen LogP contribution in [0.1, 0.15) is 22.8 Å². The summed E-state index contributed by atoms with van der Waals surface area (Å²) < 4.78 is 5.47. The number of aromatic carboxylic acids is 1. The van der Waals surface area contributed by atoms with Crippen LogP contribution in [0.5, 0.6) is 5.75 Å². The van der Waals surface area contributed by atoms with Crippen LogP contribution in [-0.2, 0) is 0 Å². The Bertz CT molecular complexity index is 373. The minimum Gasteiger partial charge on any atom is -0.493 e. The maximum absolute atomic E-state index is 10.7. The molecule has 1 aromatic rings. The van der Waals surface area contributed by atoms with Crippen molar-refractivity contribution < 1.29 is 19.7 Å². The highest BCUT2D eigenvalue weighted by Crippen LogP contribution is 2.19. The number of aliphatic hydroxyl groups excluding tert-OH is 1. The Labute approximate surface area is 94.5 Å². The third-order valence-electron chi connectivity index (χ3n) is 2.26. The predicted molar refractivity (Wildman–Crippen MR) is 59.9 cm³/mol. The van der Waals surface area contributed by atoms with E-state index < -0.39 is 5.97 Å². The average Bonchev–Trinajstić information content (AvgIpc) is 2.26. The molecule has 0 amide bonds. The highest BCUT2D eigenvalue weighted by molar-refractivity contribution is 5.88. The average molecular weight is 224 g/mol. The van der Waals surface area contributed by atoms with Crippen LogP contribution in [-0.4, -0.2) is 29.4 Å². The first-order chi connectivity index (χ1) is 7.54. The molecular weight excluding hydrogens is 208 g/mol. The Morgan fingerprint density at radius 2 is 2.19 bits per heavy atom. The van der Waals surface area contributed by atoms with Gasteiger partial charge in [-0.2, -0.15) is 0 Å². The van der Waals surface area contributed by atoms with E-state index in [1.54, 1.807) is 19.1 Å². The summed E-state index contributed by atoms with van der Waals surface area (Å²) in [5.74, 6) is -0.220. The third kappa shape index (κ3) is 3.24. The molecule has 0 saturated heterocycles. The number of carbonyl (C=O) groups is 1. The van der Waals surface area contributed by atoms with Gasteiger partial charge >= 0.3 is 5.97 Å². The number of aryl methyl sites for hydroxylation is 1. The summed E-state index contributed by atoms with van der Waals surface area (Å²) in [6.07, 6.45) is 0. The molecule has 0 heterocycles. The van der Waals surface area contributed by atoms with Gasteiger partial charge in [0.15, 0.2) is 0 Å². The number of rotatable bonds is 5. The molecule has 1 unspecified atom stereocenters. The van der Waals surface area contributed by atoms with E-state index in [4.69, 9.17) is 14.9 Å². The summed E-state index contributed by atoms with van der Waals surface area (Å²) in [5, 5.41) is 17.6. The number of hydrogen-bond donors (Lipinski definition) is 2. The Morgan fingerprint density at radius 1 is 1.50 bits per heavy atom. The van der Waals surface area contributed by atoms with E-state index >= 15 is 0 Å². The van der Waals surface area contributed by atoms with Crippen LogP contribution in [0.2, 0.25) is 0 Å². The Morgan fingerprint density at radius 3 is 2.69 bits per heavy atom. The van der Waals surface area contributed by atoms with E-state index in [1.165, 1.54) is 6.07 Å². The zero-order valence-electron chi connectivity index (χ0n) is 9.43. The lowest BCUT2D eigenvalue weighted by atomic mass is 10.1. The van der Waals surface area contributed by atoms with E-state index in [-0.39, 0.29) is 18.1 Å². The molecule has 0 radical (unpaired) electrons. The number of aliphatic hydroxyl groups is 1. The molecule has 16 heavy (non-hydrogen) atoms. The summed E-state index contributed by atoms with van der Waals surface area (Å²) in [4.78, 5) is 10.7. The van der Waals surface area contributed by atoms with Crippen molar-refractivity contribution >= 4 is 5.97 Å². The molecule has 4 nitrogen and oxygen atoms in total. The highest BCUT2D eigenvalue weighted by Gasteiger charge is 2.07. The molecule has 88 valence electrons. The fraction of sp³-hybridized carbons (Fsp3) is 0.417. The van der Waals surface area contributed by atoms with Crippen molar-refractivity contribution in [2.75, 3.05) is 13.2 Å². The first-order valence-electron chi connectivity index (χ1n) is 5.12. The lowest BCUT2D eigenvalue weighted by Gasteiger charge is -2.12. The molecule has 0 saturated carbocycles. The first-order valence-corrected chi connectivity index (χ1v) is 5.12.